The van der Waals surface area contributed by atoms with Crippen LogP contribution in [0.15, 0.2) is 0 Å². The van der Waals surface area contributed by atoms with Gasteiger partial charge in [0.1, 0.15) is 0 Å². The Hall–Kier alpha value is -1.19. The van der Waals surface area contributed by atoms with Crippen LogP contribution in [0.2, 0.25) is 0 Å². The van der Waals surface area contributed by atoms with Crippen LogP contribution in [-0.4, -0.2) is 48.8 Å². The van der Waals surface area contributed by atoms with E-state index in [1.165, 1.54) is 4.31 Å². The van der Waals surface area contributed by atoms with Gasteiger partial charge in [-0.1, -0.05) is 0 Å². The van der Waals surface area contributed by atoms with E-state index in [9.17, 15) is 18.0 Å². The topological polar surface area (TPSA) is 130 Å². The molecular formula is C13H23N3O5S. The van der Waals surface area contributed by atoms with Crippen molar-refractivity contribution in [2.24, 2.45) is 17.0 Å². The molecule has 1 aliphatic heterocycles. The predicted octanol–water partition coefficient (Wildman–Crippen LogP) is -0.338. The largest absolute Gasteiger partial charge is 0.481 e. The molecule has 0 unspecified atom stereocenters. The summed E-state index contributed by atoms with van der Waals surface area (Å²) in [5.41, 5.74) is 0. The molecule has 2 fully saturated rings. The Balaban J connectivity index is 1.76. The number of amides is 1. The average molecular weight is 333 g/mol. The van der Waals surface area contributed by atoms with Crippen molar-refractivity contribution in [2.45, 2.75) is 44.6 Å². The van der Waals surface area contributed by atoms with Crippen molar-refractivity contribution in [2.75, 3.05) is 13.1 Å². The molecule has 0 atom stereocenters. The van der Waals surface area contributed by atoms with Crippen molar-refractivity contribution in [3.8, 4) is 0 Å². The van der Waals surface area contributed by atoms with E-state index >= 15 is 0 Å². The third-order valence-corrected chi connectivity index (χ3v) is 5.69. The molecule has 22 heavy (non-hydrogen) atoms. The third kappa shape index (κ3) is 4.40. The van der Waals surface area contributed by atoms with Crippen molar-refractivity contribution in [1.29, 1.82) is 0 Å². The number of rotatable bonds is 4. The molecule has 1 aliphatic carbocycles. The Labute approximate surface area is 130 Å². The fourth-order valence-electron chi connectivity index (χ4n) is 3.18. The summed E-state index contributed by atoms with van der Waals surface area (Å²) < 4.78 is 23.6. The molecule has 1 saturated carbocycles. The quantitative estimate of drug-likeness (QED) is 0.648. The Morgan fingerprint density at radius 3 is 2.00 bits per heavy atom. The SMILES string of the molecule is NS(=O)(=O)N1CCC(C(=O)NC2CCC(C(=O)O)CC2)CC1. The summed E-state index contributed by atoms with van der Waals surface area (Å²) >= 11 is 0. The zero-order valence-electron chi connectivity index (χ0n) is 12.4. The molecular weight excluding hydrogens is 310 g/mol. The van der Waals surface area contributed by atoms with E-state index in [2.05, 4.69) is 5.32 Å². The molecule has 0 bridgehead atoms. The Bertz CT molecular complexity index is 520. The molecule has 0 aromatic heterocycles. The first-order chi connectivity index (χ1) is 10.3. The van der Waals surface area contributed by atoms with E-state index in [1.54, 1.807) is 0 Å². The minimum atomic E-state index is -3.67. The van der Waals surface area contributed by atoms with Crippen LogP contribution >= 0.6 is 0 Å². The standard InChI is InChI=1S/C13H23N3O5S/c14-22(20,21)16-7-5-9(6-8-16)12(17)15-11-3-1-10(2-4-11)13(18)19/h9-11H,1-8H2,(H,15,17)(H,18,19)(H2,14,20,21). The van der Waals surface area contributed by atoms with Crippen LogP contribution < -0.4 is 10.5 Å². The van der Waals surface area contributed by atoms with Gasteiger partial charge in [-0.3, -0.25) is 9.59 Å². The molecule has 2 rings (SSSR count). The second kappa shape index (κ2) is 6.93. The van der Waals surface area contributed by atoms with Gasteiger partial charge in [0.15, 0.2) is 0 Å². The number of hydrogen-bond acceptors (Lipinski definition) is 4. The van der Waals surface area contributed by atoms with Crippen LogP contribution in [0.25, 0.3) is 0 Å². The smallest absolute Gasteiger partial charge is 0.306 e. The lowest BCUT2D eigenvalue weighted by atomic mass is 9.85. The summed E-state index contributed by atoms with van der Waals surface area (Å²) in [4.78, 5) is 23.1. The number of hydrogen-bond donors (Lipinski definition) is 3. The average Bonchev–Trinajstić information content (AvgIpc) is 2.47. The number of nitrogens with one attached hydrogen (secondary N) is 1. The van der Waals surface area contributed by atoms with Gasteiger partial charge in [0.25, 0.3) is 10.2 Å². The Morgan fingerprint density at radius 2 is 1.55 bits per heavy atom. The van der Waals surface area contributed by atoms with Gasteiger partial charge in [0.2, 0.25) is 5.91 Å². The number of piperidine rings is 1. The maximum atomic E-state index is 12.2. The third-order valence-electron chi connectivity index (χ3n) is 4.61. The molecule has 9 heteroatoms. The number of carbonyl (C=O) groups is 2. The fourth-order valence-corrected chi connectivity index (χ4v) is 3.90. The molecule has 126 valence electrons. The maximum absolute atomic E-state index is 12.2. The minimum absolute atomic E-state index is 0.0272. The normalized spacial score (nSPS) is 28.2. The van der Waals surface area contributed by atoms with E-state index in [1.807, 2.05) is 0 Å². The summed E-state index contributed by atoms with van der Waals surface area (Å²) in [5.74, 6) is -1.32. The zero-order valence-corrected chi connectivity index (χ0v) is 13.2. The van der Waals surface area contributed by atoms with Crippen LogP contribution in [0.3, 0.4) is 0 Å². The van der Waals surface area contributed by atoms with Gasteiger partial charge < -0.3 is 10.4 Å². The highest BCUT2D eigenvalue weighted by Crippen LogP contribution is 2.25. The maximum Gasteiger partial charge on any atom is 0.306 e. The molecule has 8 nitrogen and oxygen atoms in total. The monoisotopic (exact) mass is 333 g/mol. The fraction of sp³-hybridized carbons (Fsp3) is 0.846. The van der Waals surface area contributed by atoms with E-state index in [-0.39, 0.29) is 36.9 Å². The molecule has 1 saturated heterocycles. The number of carboxylic acid groups (broad SMARTS) is 1. The van der Waals surface area contributed by atoms with Gasteiger partial charge in [-0.15, -0.1) is 0 Å². The van der Waals surface area contributed by atoms with E-state index in [0.29, 0.717) is 38.5 Å². The lowest BCUT2D eigenvalue weighted by Gasteiger charge is -2.32. The minimum Gasteiger partial charge on any atom is -0.481 e. The number of carboxylic acids is 1. The second-order valence-corrected chi connectivity index (χ2v) is 7.66. The van der Waals surface area contributed by atoms with Crippen LogP contribution in [0.4, 0.5) is 0 Å². The highest BCUT2D eigenvalue weighted by molar-refractivity contribution is 7.86. The number of nitrogens with zero attached hydrogens (tertiary/aromatic N) is 1. The molecule has 0 spiro atoms. The van der Waals surface area contributed by atoms with Gasteiger partial charge in [-0.05, 0) is 38.5 Å². The first kappa shape index (κ1) is 17.2. The number of aliphatic carboxylic acids is 1. The van der Waals surface area contributed by atoms with Crippen molar-refractivity contribution in [3.63, 3.8) is 0 Å². The summed E-state index contributed by atoms with van der Waals surface area (Å²) in [6.07, 6.45) is 3.46. The van der Waals surface area contributed by atoms with Crippen LogP contribution in [0, 0.1) is 11.8 Å². The molecule has 0 aromatic rings. The summed E-state index contributed by atoms with van der Waals surface area (Å²) in [6.45, 7) is 0.533. The first-order valence-corrected chi connectivity index (χ1v) is 9.08. The van der Waals surface area contributed by atoms with Crippen molar-refractivity contribution >= 4 is 22.1 Å². The van der Waals surface area contributed by atoms with E-state index in [4.69, 9.17) is 10.2 Å². The van der Waals surface area contributed by atoms with Crippen LogP contribution in [0.5, 0.6) is 0 Å². The van der Waals surface area contributed by atoms with Crippen molar-refractivity contribution in [3.05, 3.63) is 0 Å². The van der Waals surface area contributed by atoms with Gasteiger partial charge >= 0.3 is 5.97 Å². The van der Waals surface area contributed by atoms with Gasteiger partial charge in [0, 0.05) is 25.0 Å². The number of nitrogens with two attached hydrogens (primary N) is 1. The zero-order chi connectivity index (χ0) is 16.3. The van der Waals surface area contributed by atoms with Crippen molar-refractivity contribution in [1.82, 2.24) is 9.62 Å². The molecule has 1 amide bonds. The van der Waals surface area contributed by atoms with Crippen LogP contribution in [-0.2, 0) is 19.8 Å². The van der Waals surface area contributed by atoms with Gasteiger partial charge in [-0.25, -0.2) is 5.14 Å². The molecule has 1 heterocycles. The summed E-state index contributed by atoms with van der Waals surface area (Å²) in [6, 6.07) is 0.0272. The lowest BCUT2D eigenvalue weighted by Crippen LogP contribution is -2.47. The van der Waals surface area contributed by atoms with E-state index in [0.717, 1.165) is 0 Å². The molecule has 0 aromatic carbocycles. The second-order valence-electron chi connectivity index (χ2n) is 6.11. The van der Waals surface area contributed by atoms with E-state index < -0.39 is 16.2 Å². The summed E-state index contributed by atoms with van der Waals surface area (Å²) in [5, 5.41) is 17.0. The van der Waals surface area contributed by atoms with Crippen LogP contribution in [0.1, 0.15) is 38.5 Å². The van der Waals surface area contributed by atoms with Crippen molar-refractivity contribution < 1.29 is 23.1 Å². The first-order valence-electron chi connectivity index (χ1n) is 7.58. The predicted molar refractivity (Wildman–Crippen MR) is 78.9 cm³/mol. The molecule has 4 N–H and O–H groups in total. The lowest BCUT2D eigenvalue weighted by molar-refractivity contribution is -0.142. The molecule has 0 radical (unpaired) electrons. The van der Waals surface area contributed by atoms with Gasteiger partial charge in [0.05, 0.1) is 5.92 Å². The Kier molecular flexibility index (Phi) is 5.41. The molecule has 2 aliphatic rings. The highest BCUT2D eigenvalue weighted by atomic mass is 32.2. The highest BCUT2D eigenvalue weighted by Gasteiger charge is 2.32. The van der Waals surface area contributed by atoms with Gasteiger partial charge in [-0.2, -0.15) is 12.7 Å². The summed E-state index contributed by atoms with van der Waals surface area (Å²) in [7, 11) is -3.67. The Morgan fingerprint density at radius 1 is 1.00 bits per heavy atom. The number of carbonyl (C=O) groups excluding carboxylic acids is 1.